The standard InChI is InChI=1S/C11H19N3O2S/c1-8-9(10(15)16-4)13-11(17-8)12-6-5-7-14(2)3/h5-7H2,1-4H3,(H,12,13). The van der Waals surface area contributed by atoms with Crippen molar-refractivity contribution in [2.45, 2.75) is 13.3 Å². The van der Waals surface area contributed by atoms with E-state index in [-0.39, 0.29) is 5.97 Å². The van der Waals surface area contributed by atoms with E-state index in [9.17, 15) is 4.79 Å². The summed E-state index contributed by atoms with van der Waals surface area (Å²) < 4.78 is 4.66. The molecule has 96 valence electrons. The van der Waals surface area contributed by atoms with Crippen LogP contribution in [0.4, 0.5) is 5.13 Å². The first-order valence-electron chi connectivity index (χ1n) is 5.49. The lowest BCUT2D eigenvalue weighted by atomic mass is 10.4. The number of ether oxygens (including phenoxy) is 1. The zero-order valence-electron chi connectivity index (χ0n) is 10.7. The highest BCUT2D eigenvalue weighted by Crippen LogP contribution is 2.22. The van der Waals surface area contributed by atoms with Gasteiger partial charge in [0.1, 0.15) is 0 Å². The van der Waals surface area contributed by atoms with Gasteiger partial charge in [0, 0.05) is 11.4 Å². The average Bonchev–Trinajstić information content (AvgIpc) is 2.65. The van der Waals surface area contributed by atoms with E-state index >= 15 is 0 Å². The lowest BCUT2D eigenvalue weighted by Crippen LogP contribution is -2.16. The summed E-state index contributed by atoms with van der Waals surface area (Å²) in [6.45, 7) is 3.75. The van der Waals surface area contributed by atoms with Crippen molar-refractivity contribution in [3.05, 3.63) is 10.6 Å². The minimum atomic E-state index is -0.375. The minimum Gasteiger partial charge on any atom is -0.464 e. The SMILES string of the molecule is COC(=O)c1nc(NCCCN(C)C)sc1C. The van der Waals surface area contributed by atoms with Crippen LogP contribution >= 0.6 is 11.3 Å². The first-order chi connectivity index (χ1) is 8.04. The molecule has 0 saturated carbocycles. The lowest BCUT2D eigenvalue weighted by Gasteiger charge is -2.08. The summed E-state index contributed by atoms with van der Waals surface area (Å²) in [4.78, 5) is 18.6. The number of carbonyl (C=O) groups is 1. The maximum atomic E-state index is 11.4. The largest absolute Gasteiger partial charge is 0.464 e. The minimum absolute atomic E-state index is 0.375. The molecule has 0 bridgehead atoms. The van der Waals surface area contributed by atoms with Crippen LogP contribution in [-0.4, -0.2) is 50.1 Å². The van der Waals surface area contributed by atoms with E-state index in [2.05, 4.69) is 19.9 Å². The van der Waals surface area contributed by atoms with E-state index < -0.39 is 0 Å². The summed E-state index contributed by atoms with van der Waals surface area (Å²) in [5, 5.41) is 3.99. The van der Waals surface area contributed by atoms with Crippen molar-refractivity contribution < 1.29 is 9.53 Å². The molecule has 1 N–H and O–H groups in total. The Morgan fingerprint density at radius 2 is 2.24 bits per heavy atom. The summed E-state index contributed by atoms with van der Waals surface area (Å²) in [6.07, 6.45) is 1.04. The molecule has 5 nitrogen and oxygen atoms in total. The molecule has 0 aliphatic heterocycles. The number of methoxy groups -OCH3 is 1. The van der Waals surface area contributed by atoms with Crippen molar-refractivity contribution >= 4 is 22.4 Å². The summed E-state index contributed by atoms with van der Waals surface area (Å²) in [7, 11) is 5.46. The maximum absolute atomic E-state index is 11.4. The lowest BCUT2D eigenvalue weighted by molar-refractivity contribution is 0.0594. The second-order valence-corrected chi connectivity index (χ2v) is 5.20. The predicted octanol–water partition coefficient (Wildman–Crippen LogP) is 1.60. The Hall–Kier alpha value is -1.14. The highest BCUT2D eigenvalue weighted by atomic mass is 32.1. The van der Waals surface area contributed by atoms with Crippen LogP contribution in [0.2, 0.25) is 0 Å². The van der Waals surface area contributed by atoms with Gasteiger partial charge >= 0.3 is 5.97 Å². The number of rotatable bonds is 6. The van der Waals surface area contributed by atoms with Gasteiger partial charge in [0.05, 0.1) is 7.11 Å². The molecule has 1 rings (SSSR count). The van der Waals surface area contributed by atoms with Crippen molar-refractivity contribution in [2.75, 3.05) is 39.6 Å². The number of thiazole rings is 1. The van der Waals surface area contributed by atoms with E-state index in [0.29, 0.717) is 5.69 Å². The number of hydrogen-bond donors (Lipinski definition) is 1. The van der Waals surface area contributed by atoms with Gasteiger partial charge in [0.2, 0.25) is 0 Å². The smallest absolute Gasteiger partial charge is 0.357 e. The second-order valence-electron chi connectivity index (χ2n) is 4.00. The predicted molar refractivity (Wildman–Crippen MR) is 69.9 cm³/mol. The maximum Gasteiger partial charge on any atom is 0.357 e. The molecule has 0 aliphatic carbocycles. The second kappa shape index (κ2) is 6.56. The van der Waals surface area contributed by atoms with Crippen LogP contribution in [0.5, 0.6) is 0 Å². The third-order valence-corrected chi connectivity index (χ3v) is 3.16. The van der Waals surface area contributed by atoms with Gasteiger partial charge in [-0.1, -0.05) is 0 Å². The summed E-state index contributed by atoms with van der Waals surface area (Å²) >= 11 is 1.48. The van der Waals surface area contributed by atoms with Crippen LogP contribution in [-0.2, 0) is 4.74 Å². The first-order valence-corrected chi connectivity index (χ1v) is 6.30. The van der Waals surface area contributed by atoms with Gasteiger partial charge in [0.15, 0.2) is 10.8 Å². The van der Waals surface area contributed by atoms with Gasteiger partial charge in [-0.25, -0.2) is 9.78 Å². The van der Waals surface area contributed by atoms with Gasteiger partial charge in [-0.15, -0.1) is 11.3 Å². The fourth-order valence-electron chi connectivity index (χ4n) is 1.35. The number of aromatic nitrogens is 1. The van der Waals surface area contributed by atoms with Crippen LogP contribution in [0.25, 0.3) is 0 Å². The molecule has 0 unspecified atom stereocenters. The van der Waals surface area contributed by atoms with Crippen LogP contribution in [0, 0.1) is 6.92 Å². The van der Waals surface area contributed by atoms with Gasteiger partial charge in [0.25, 0.3) is 0 Å². The number of esters is 1. The highest BCUT2D eigenvalue weighted by molar-refractivity contribution is 7.15. The average molecular weight is 257 g/mol. The molecular formula is C11H19N3O2S. The Balaban J connectivity index is 2.47. The Labute approximate surface area is 106 Å². The molecule has 0 spiro atoms. The van der Waals surface area contributed by atoms with Gasteiger partial charge < -0.3 is 15.0 Å². The molecule has 0 aliphatic rings. The quantitative estimate of drug-likeness (QED) is 0.619. The van der Waals surface area contributed by atoms with Crippen molar-refractivity contribution in [3.63, 3.8) is 0 Å². The number of aryl methyl sites for hydroxylation is 1. The molecule has 1 aromatic rings. The van der Waals surface area contributed by atoms with Crippen LogP contribution in [0.3, 0.4) is 0 Å². The zero-order valence-corrected chi connectivity index (χ0v) is 11.6. The number of hydrogen-bond acceptors (Lipinski definition) is 6. The normalized spacial score (nSPS) is 10.6. The van der Waals surface area contributed by atoms with E-state index in [1.165, 1.54) is 18.4 Å². The van der Waals surface area contributed by atoms with Gasteiger partial charge in [-0.3, -0.25) is 0 Å². The molecule has 0 atom stereocenters. The van der Waals surface area contributed by atoms with E-state index in [4.69, 9.17) is 0 Å². The fourth-order valence-corrected chi connectivity index (χ4v) is 2.18. The molecular weight excluding hydrogens is 238 g/mol. The zero-order chi connectivity index (χ0) is 12.8. The summed E-state index contributed by atoms with van der Waals surface area (Å²) in [5.41, 5.74) is 0.410. The van der Waals surface area contributed by atoms with Crippen LogP contribution in [0.1, 0.15) is 21.8 Å². The Bertz CT molecular complexity index is 377. The number of carbonyl (C=O) groups excluding carboxylic acids is 1. The van der Waals surface area contributed by atoms with Crippen LogP contribution < -0.4 is 5.32 Å². The third kappa shape index (κ3) is 4.32. The molecule has 17 heavy (non-hydrogen) atoms. The molecule has 6 heteroatoms. The van der Waals surface area contributed by atoms with Crippen molar-refractivity contribution in [3.8, 4) is 0 Å². The Morgan fingerprint density at radius 3 is 2.82 bits per heavy atom. The van der Waals surface area contributed by atoms with Gasteiger partial charge in [-0.2, -0.15) is 0 Å². The van der Waals surface area contributed by atoms with Crippen molar-refractivity contribution in [1.29, 1.82) is 0 Å². The number of anilines is 1. The fraction of sp³-hybridized carbons (Fsp3) is 0.636. The van der Waals surface area contributed by atoms with E-state index in [1.807, 2.05) is 21.0 Å². The molecule has 0 fully saturated rings. The summed E-state index contributed by atoms with van der Waals surface area (Å²) in [6, 6.07) is 0. The first kappa shape index (κ1) is 13.9. The molecule has 1 heterocycles. The molecule has 1 aromatic heterocycles. The Kier molecular flexibility index (Phi) is 5.37. The highest BCUT2D eigenvalue weighted by Gasteiger charge is 2.15. The van der Waals surface area contributed by atoms with E-state index in [0.717, 1.165) is 29.5 Å². The van der Waals surface area contributed by atoms with Crippen molar-refractivity contribution in [1.82, 2.24) is 9.88 Å². The number of nitrogens with one attached hydrogen (secondary N) is 1. The van der Waals surface area contributed by atoms with E-state index in [1.54, 1.807) is 0 Å². The molecule has 0 saturated heterocycles. The summed E-state index contributed by atoms with van der Waals surface area (Å²) in [5.74, 6) is -0.375. The molecule has 0 amide bonds. The topological polar surface area (TPSA) is 54.5 Å². The molecule has 0 radical (unpaired) electrons. The Morgan fingerprint density at radius 1 is 1.53 bits per heavy atom. The van der Waals surface area contributed by atoms with Gasteiger partial charge in [-0.05, 0) is 34.0 Å². The monoisotopic (exact) mass is 257 g/mol. The third-order valence-electron chi connectivity index (χ3n) is 2.23. The molecule has 0 aromatic carbocycles. The van der Waals surface area contributed by atoms with Crippen LogP contribution in [0.15, 0.2) is 0 Å². The number of nitrogens with zero attached hydrogens (tertiary/aromatic N) is 2. The van der Waals surface area contributed by atoms with Crippen molar-refractivity contribution in [2.24, 2.45) is 0 Å².